The fraction of sp³-hybridized carbons (Fsp3) is 0.400. The molecule has 2 fully saturated rings. The van der Waals surface area contributed by atoms with Crippen molar-refractivity contribution in [2.45, 2.75) is 88.5 Å². The van der Waals surface area contributed by atoms with Crippen molar-refractivity contribution in [2.75, 3.05) is 14.2 Å². The summed E-state index contributed by atoms with van der Waals surface area (Å²) in [5, 5.41) is 0. The molecule has 0 aromatic heterocycles. The Morgan fingerprint density at radius 3 is 0.917 bits per heavy atom. The fourth-order valence-corrected chi connectivity index (χ4v) is 6.42. The van der Waals surface area contributed by atoms with Gasteiger partial charge in [0, 0.05) is 14.2 Å². The van der Waals surface area contributed by atoms with Gasteiger partial charge in [-0.1, -0.05) is 121 Å². The number of hydrogen-bond donors (Lipinski definition) is 0. The molecule has 4 aromatic carbocycles. The van der Waals surface area contributed by atoms with Crippen molar-refractivity contribution in [3.05, 3.63) is 144 Å². The minimum atomic E-state index is -1.27. The average molecular weight is 655 g/mol. The van der Waals surface area contributed by atoms with Crippen LogP contribution in [-0.4, -0.2) is 62.4 Å². The van der Waals surface area contributed by atoms with Crippen LogP contribution in [0.4, 0.5) is 0 Å². The van der Waals surface area contributed by atoms with Crippen LogP contribution >= 0.6 is 0 Å². The summed E-state index contributed by atoms with van der Waals surface area (Å²) in [5.41, 5.74) is 4.10. The summed E-state index contributed by atoms with van der Waals surface area (Å²) in [6.07, 6.45) is -3.83. The molecular formula is C40H46O8. The Morgan fingerprint density at radius 1 is 0.417 bits per heavy atom. The smallest absolute Gasteiger partial charge is 0.220 e. The molecule has 4 aromatic rings. The van der Waals surface area contributed by atoms with Gasteiger partial charge in [-0.3, -0.25) is 0 Å². The highest BCUT2D eigenvalue weighted by Gasteiger charge is 2.65. The van der Waals surface area contributed by atoms with Crippen LogP contribution in [0.15, 0.2) is 121 Å². The van der Waals surface area contributed by atoms with Crippen molar-refractivity contribution in [1.82, 2.24) is 0 Å². The minimum Gasteiger partial charge on any atom is -0.368 e. The number of ether oxygens (including phenoxy) is 8. The average Bonchev–Trinajstić information content (AvgIpc) is 3.14. The number of hydrogen-bond acceptors (Lipinski definition) is 8. The first-order valence-corrected chi connectivity index (χ1v) is 16.5. The molecule has 0 N–H and O–H groups in total. The molecule has 1 saturated heterocycles. The molecule has 1 aliphatic carbocycles. The van der Waals surface area contributed by atoms with Gasteiger partial charge >= 0.3 is 0 Å². The highest BCUT2D eigenvalue weighted by molar-refractivity contribution is 5.18. The normalized spacial score (nSPS) is 30.1. The molecule has 0 radical (unpaired) electrons. The highest BCUT2D eigenvalue weighted by atomic mass is 16.8. The van der Waals surface area contributed by atoms with E-state index in [0.717, 1.165) is 22.3 Å². The number of rotatable bonds is 14. The molecule has 0 bridgehead atoms. The second-order valence-electron chi connectivity index (χ2n) is 12.5. The lowest BCUT2D eigenvalue weighted by Gasteiger charge is -2.58. The Bertz CT molecular complexity index is 1410. The first kappa shape index (κ1) is 34.4. The summed E-state index contributed by atoms with van der Waals surface area (Å²) >= 11 is 0. The van der Waals surface area contributed by atoms with Crippen molar-refractivity contribution in [1.29, 1.82) is 0 Å². The summed E-state index contributed by atoms with van der Waals surface area (Å²) in [5.74, 6) is -2.55. The van der Waals surface area contributed by atoms with E-state index >= 15 is 0 Å². The maximum Gasteiger partial charge on any atom is 0.220 e. The van der Waals surface area contributed by atoms with Crippen LogP contribution in [0.1, 0.15) is 36.1 Å². The van der Waals surface area contributed by atoms with Gasteiger partial charge in [0.05, 0.1) is 26.4 Å². The highest BCUT2D eigenvalue weighted by Crippen LogP contribution is 2.46. The Hall–Kier alpha value is -3.44. The van der Waals surface area contributed by atoms with Gasteiger partial charge < -0.3 is 37.9 Å². The minimum absolute atomic E-state index is 0.329. The van der Waals surface area contributed by atoms with Gasteiger partial charge in [0.25, 0.3) is 0 Å². The standard InChI is InChI=1S/C40H46O8/c1-39(41-3)40(2,42-4)48-38-36(46-28-32-23-15-8-16-24-32)34(44-26-30-19-11-6-12-20-30)33(43-25-29-17-9-5-10-18-29)35(37(38)47-39)45-27-31-21-13-7-14-22-31/h5-24,33-38H,25-28H2,1-4H3/t33-,34+,35+,36-,37-,38-,39?,40?/m0/s1. The summed E-state index contributed by atoms with van der Waals surface area (Å²) in [6, 6.07) is 40.3. The van der Waals surface area contributed by atoms with E-state index in [4.69, 9.17) is 37.9 Å². The van der Waals surface area contributed by atoms with Crippen LogP contribution in [-0.2, 0) is 64.3 Å². The lowest BCUT2D eigenvalue weighted by atomic mass is 9.82. The maximum absolute atomic E-state index is 6.90. The number of methoxy groups -OCH3 is 2. The van der Waals surface area contributed by atoms with Gasteiger partial charge in [-0.25, -0.2) is 0 Å². The quantitative estimate of drug-likeness (QED) is 0.146. The zero-order chi connectivity index (χ0) is 33.4. The molecule has 8 heteroatoms. The Balaban J connectivity index is 1.41. The molecule has 8 atom stereocenters. The lowest BCUT2D eigenvalue weighted by molar-refractivity contribution is -0.474. The predicted molar refractivity (Wildman–Crippen MR) is 181 cm³/mol. The predicted octanol–water partition coefficient (Wildman–Crippen LogP) is 6.85. The van der Waals surface area contributed by atoms with Crippen LogP contribution in [0.5, 0.6) is 0 Å². The van der Waals surface area contributed by atoms with Crippen molar-refractivity contribution in [3.8, 4) is 0 Å². The van der Waals surface area contributed by atoms with E-state index in [2.05, 4.69) is 0 Å². The second-order valence-corrected chi connectivity index (χ2v) is 12.5. The molecule has 8 nitrogen and oxygen atoms in total. The third kappa shape index (κ3) is 7.72. The number of fused-ring (bicyclic) bond motifs is 1. The monoisotopic (exact) mass is 654 g/mol. The molecule has 6 rings (SSSR count). The van der Waals surface area contributed by atoms with Gasteiger partial charge in [-0.05, 0) is 36.1 Å². The molecule has 1 saturated carbocycles. The van der Waals surface area contributed by atoms with Crippen molar-refractivity contribution in [3.63, 3.8) is 0 Å². The third-order valence-corrected chi connectivity index (χ3v) is 9.41. The largest absolute Gasteiger partial charge is 0.368 e. The van der Waals surface area contributed by atoms with Crippen molar-refractivity contribution < 1.29 is 37.9 Å². The van der Waals surface area contributed by atoms with Gasteiger partial charge in [-0.2, -0.15) is 0 Å². The molecule has 1 aliphatic heterocycles. The van der Waals surface area contributed by atoms with Crippen LogP contribution in [0.3, 0.4) is 0 Å². The molecular weight excluding hydrogens is 608 g/mol. The summed E-state index contributed by atoms with van der Waals surface area (Å²) in [6.45, 7) is 4.97. The van der Waals surface area contributed by atoms with E-state index in [-0.39, 0.29) is 0 Å². The lowest BCUT2D eigenvalue weighted by Crippen LogP contribution is -2.75. The first-order chi connectivity index (χ1) is 23.4. The maximum atomic E-state index is 6.90. The zero-order valence-corrected chi connectivity index (χ0v) is 28.1. The van der Waals surface area contributed by atoms with Crippen LogP contribution in [0.25, 0.3) is 0 Å². The SMILES string of the molecule is COC1(C)O[C@H]2[C@H](OCc3ccccc3)[C@@H](OCc3ccccc3)[C@@H](OCc3ccccc3)[C@H](OCc3ccccc3)[C@@H]2OC1(C)OC. The zero-order valence-electron chi connectivity index (χ0n) is 28.1. The van der Waals surface area contributed by atoms with E-state index in [9.17, 15) is 0 Å². The fourth-order valence-electron chi connectivity index (χ4n) is 6.42. The first-order valence-electron chi connectivity index (χ1n) is 16.5. The molecule has 2 unspecified atom stereocenters. The van der Waals surface area contributed by atoms with Crippen molar-refractivity contribution >= 4 is 0 Å². The topological polar surface area (TPSA) is 73.8 Å². The van der Waals surface area contributed by atoms with Gasteiger partial charge in [0.2, 0.25) is 11.6 Å². The molecule has 1 heterocycles. The van der Waals surface area contributed by atoms with E-state index < -0.39 is 48.2 Å². The van der Waals surface area contributed by atoms with Gasteiger partial charge in [0.15, 0.2) is 0 Å². The molecule has 254 valence electrons. The molecule has 2 aliphatic rings. The molecule has 0 spiro atoms. The Morgan fingerprint density at radius 2 is 0.667 bits per heavy atom. The van der Waals surface area contributed by atoms with Gasteiger partial charge in [-0.15, -0.1) is 0 Å². The van der Waals surface area contributed by atoms with Crippen molar-refractivity contribution in [2.24, 2.45) is 0 Å². The van der Waals surface area contributed by atoms with Crippen LogP contribution < -0.4 is 0 Å². The summed E-state index contributed by atoms with van der Waals surface area (Å²) in [4.78, 5) is 0. The van der Waals surface area contributed by atoms with E-state index in [1.807, 2.05) is 135 Å². The second kappa shape index (κ2) is 15.8. The van der Waals surface area contributed by atoms with E-state index in [1.54, 1.807) is 14.2 Å². The van der Waals surface area contributed by atoms with E-state index in [1.165, 1.54) is 0 Å². The summed E-state index contributed by atoms with van der Waals surface area (Å²) < 4.78 is 53.0. The molecule has 48 heavy (non-hydrogen) atoms. The summed E-state index contributed by atoms with van der Waals surface area (Å²) in [7, 11) is 3.17. The number of benzene rings is 4. The third-order valence-electron chi connectivity index (χ3n) is 9.41. The van der Waals surface area contributed by atoms with Crippen LogP contribution in [0, 0.1) is 0 Å². The van der Waals surface area contributed by atoms with Gasteiger partial charge in [0.1, 0.15) is 36.6 Å². The Labute approximate surface area is 283 Å². The van der Waals surface area contributed by atoms with E-state index in [0.29, 0.717) is 26.4 Å². The molecule has 0 amide bonds. The Kier molecular flexibility index (Phi) is 11.4. The van der Waals surface area contributed by atoms with Crippen LogP contribution in [0.2, 0.25) is 0 Å².